The molecule has 1 aliphatic rings. The fourth-order valence-corrected chi connectivity index (χ4v) is 3.38. The first-order valence-corrected chi connectivity index (χ1v) is 8.85. The third-order valence-electron chi connectivity index (χ3n) is 3.99. The summed E-state index contributed by atoms with van der Waals surface area (Å²) in [5, 5.41) is 0.776. The van der Waals surface area contributed by atoms with E-state index in [4.69, 9.17) is 0 Å². The Morgan fingerprint density at radius 3 is 2.17 bits per heavy atom. The normalized spacial score (nSPS) is 16.6. The molecule has 2 aromatic rings. The summed E-state index contributed by atoms with van der Waals surface area (Å²) in [4.78, 5) is 17.0. The predicted octanol–water partition coefficient (Wildman–Crippen LogP) is 5.35. The average molecular weight is 335 g/mol. The van der Waals surface area contributed by atoms with Crippen molar-refractivity contribution in [1.29, 1.82) is 0 Å². The molecule has 0 N–H and O–H groups in total. The van der Waals surface area contributed by atoms with E-state index in [1.165, 1.54) is 22.9 Å². The fourth-order valence-electron chi connectivity index (χ4n) is 2.46. The molecule has 0 unspecified atom stereocenters. The van der Waals surface area contributed by atoms with Gasteiger partial charge >= 0.3 is 0 Å². The van der Waals surface area contributed by atoms with Crippen LogP contribution < -0.4 is 0 Å². The van der Waals surface area contributed by atoms with Crippen LogP contribution in [0.2, 0.25) is 0 Å². The Kier molecular flexibility index (Phi) is 4.46. The van der Waals surface area contributed by atoms with Crippen LogP contribution in [0.3, 0.4) is 0 Å². The van der Waals surface area contributed by atoms with Crippen molar-refractivity contribution in [3.05, 3.63) is 75.7 Å². The minimum absolute atomic E-state index is 0.130. The highest BCUT2D eigenvalue weighted by atomic mass is 32.2. The monoisotopic (exact) mass is 335 g/mol. The van der Waals surface area contributed by atoms with Gasteiger partial charge in [0.15, 0.2) is 0 Å². The number of aryl methyl sites for hydroxylation is 1. The highest BCUT2D eigenvalue weighted by Gasteiger charge is 2.23. The summed E-state index contributed by atoms with van der Waals surface area (Å²) < 4.78 is 0. The molecule has 1 heterocycles. The number of hydrogen-bond donors (Lipinski definition) is 0. The van der Waals surface area contributed by atoms with Crippen molar-refractivity contribution >= 4 is 28.8 Å². The fraction of sp³-hybridized carbons (Fsp3) is 0.238. The van der Waals surface area contributed by atoms with Gasteiger partial charge in [0.25, 0.3) is 5.91 Å². The van der Waals surface area contributed by atoms with E-state index in [2.05, 4.69) is 50.0 Å². The molecule has 2 nitrogen and oxygen atoms in total. The molecular weight excluding hydrogens is 314 g/mol. The molecule has 0 aromatic heterocycles. The zero-order chi connectivity index (χ0) is 17.3. The summed E-state index contributed by atoms with van der Waals surface area (Å²) in [7, 11) is 0. The first-order valence-electron chi connectivity index (χ1n) is 8.03. The van der Waals surface area contributed by atoms with Gasteiger partial charge in [-0.05, 0) is 29.5 Å². The van der Waals surface area contributed by atoms with Crippen LogP contribution in [0.5, 0.6) is 0 Å². The first-order chi connectivity index (χ1) is 11.3. The number of amides is 1. The van der Waals surface area contributed by atoms with Gasteiger partial charge < -0.3 is 0 Å². The molecule has 0 radical (unpaired) electrons. The molecule has 0 fully saturated rings. The second-order valence-electron chi connectivity index (χ2n) is 7.07. The molecule has 0 spiro atoms. The van der Waals surface area contributed by atoms with Crippen molar-refractivity contribution in [2.75, 3.05) is 0 Å². The van der Waals surface area contributed by atoms with Crippen molar-refractivity contribution in [2.45, 2.75) is 33.1 Å². The number of hydrogen-bond acceptors (Lipinski definition) is 2. The number of aliphatic imine (C=N–C) groups is 1. The Bertz CT molecular complexity index is 822. The second kappa shape index (κ2) is 6.40. The van der Waals surface area contributed by atoms with E-state index in [-0.39, 0.29) is 11.3 Å². The van der Waals surface area contributed by atoms with Crippen LogP contribution in [-0.2, 0) is 10.2 Å². The summed E-state index contributed by atoms with van der Waals surface area (Å²) in [6.45, 7) is 8.63. The maximum atomic E-state index is 12.2. The SMILES string of the molecule is Cc1ccc(C2=NC(=O)/C(=C\c3ccc(C(C)(C)C)cc3)S2)cc1. The third kappa shape index (κ3) is 3.68. The number of nitrogens with zero attached hydrogens (tertiary/aromatic N) is 1. The molecular formula is C21H21NOS. The quantitative estimate of drug-likeness (QED) is 0.692. The van der Waals surface area contributed by atoms with Crippen LogP contribution in [0.1, 0.15) is 43.0 Å². The molecule has 24 heavy (non-hydrogen) atoms. The van der Waals surface area contributed by atoms with Gasteiger partial charge in [0, 0.05) is 5.56 Å². The van der Waals surface area contributed by atoms with Crippen LogP contribution in [0.4, 0.5) is 0 Å². The van der Waals surface area contributed by atoms with Crippen molar-refractivity contribution in [1.82, 2.24) is 0 Å². The summed E-state index contributed by atoms with van der Waals surface area (Å²) in [5.41, 5.74) is 4.63. The van der Waals surface area contributed by atoms with Gasteiger partial charge in [0.05, 0.1) is 4.91 Å². The predicted molar refractivity (Wildman–Crippen MR) is 103 cm³/mol. The minimum Gasteiger partial charge on any atom is -0.266 e. The van der Waals surface area contributed by atoms with Crippen LogP contribution in [0.25, 0.3) is 6.08 Å². The Morgan fingerprint density at radius 1 is 0.958 bits per heavy atom. The minimum atomic E-state index is -0.157. The van der Waals surface area contributed by atoms with Gasteiger partial charge in [-0.15, -0.1) is 0 Å². The zero-order valence-corrected chi connectivity index (χ0v) is 15.3. The maximum absolute atomic E-state index is 12.2. The topological polar surface area (TPSA) is 29.4 Å². The Balaban J connectivity index is 1.80. The molecule has 3 rings (SSSR count). The molecule has 0 atom stereocenters. The number of thioether (sulfide) groups is 1. The van der Waals surface area contributed by atoms with E-state index in [1.807, 2.05) is 37.3 Å². The lowest BCUT2D eigenvalue weighted by atomic mass is 9.87. The lowest BCUT2D eigenvalue weighted by molar-refractivity contribution is -0.113. The molecule has 2 aromatic carbocycles. The summed E-state index contributed by atoms with van der Waals surface area (Å²) in [5.74, 6) is -0.157. The van der Waals surface area contributed by atoms with E-state index in [0.717, 1.165) is 16.2 Å². The molecule has 122 valence electrons. The van der Waals surface area contributed by atoms with E-state index in [9.17, 15) is 4.79 Å². The molecule has 3 heteroatoms. The largest absolute Gasteiger partial charge is 0.284 e. The molecule has 0 saturated heterocycles. The lowest BCUT2D eigenvalue weighted by Crippen LogP contribution is -2.10. The van der Waals surface area contributed by atoms with Gasteiger partial charge in [-0.25, -0.2) is 4.99 Å². The van der Waals surface area contributed by atoms with E-state index in [0.29, 0.717) is 4.91 Å². The van der Waals surface area contributed by atoms with Crippen LogP contribution >= 0.6 is 11.8 Å². The van der Waals surface area contributed by atoms with Gasteiger partial charge in [0.1, 0.15) is 5.04 Å². The number of carbonyl (C=O) groups is 1. The van der Waals surface area contributed by atoms with Crippen LogP contribution in [0, 0.1) is 6.92 Å². The Hall–Kier alpha value is -2.13. The molecule has 0 bridgehead atoms. The lowest BCUT2D eigenvalue weighted by Gasteiger charge is -2.18. The average Bonchev–Trinajstić information content (AvgIpc) is 2.89. The third-order valence-corrected chi connectivity index (χ3v) is 5.03. The van der Waals surface area contributed by atoms with Crippen LogP contribution in [-0.4, -0.2) is 11.0 Å². The number of carbonyl (C=O) groups excluding carboxylic acids is 1. The van der Waals surface area contributed by atoms with Crippen molar-refractivity contribution in [2.24, 2.45) is 4.99 Å². The van der Waals surface area contributed by atoms with E-state index >= 15 is 0 Å². The number of benzene rings is 2. The van der Waals surface area contributed by atoms with Gasteiger partial charge in [-0.3, -0.25) is 4.79 Å². The van der Waals surface area contributed by atoms with Gasteiger partial charge in [-0.2, -0.15) is 0 Å². The maximum Gasteiger partial charge on any atom is 0.284 e. The van der Waals surface area contributed by atoms with Crippen LogP contribution in [0.15, 0.2) is 58.4 Å². The van der Waals surface area contributed by atoms with E-state index < -0.39 is 0 Å². The second-order valence-corrected chi connectivity index (χ2v) is 8.10. The van der Waals surface area contributed by atoms with Crippen molar-refractivity contribution in [3.8, 4) is 0 Å². The highest BCUT2D eigenvalue weighted by molar-refractivity contribution is 8.19. The molecule has 1 aliphatic heterocycles. The van der Waals surface area contributed by atoms with Crippen molar-refractivity contribution in [3.63, 3.8) is 0 Å². The van der Waals surface area contributed by atoms with Crippen molar-refractivity contribution < 1.29 is 4.79 Å². The smallest absolute Gasteiger partial charge is 0.266 e. The standard InChI is InChI=1S/C21H21NOS/c1-14-5-9-16(10-6-14)20-22-19(23)18(24-20)13-15-7-11-17(12-8-15)21(2,3)4/h5-13H,1-4H3/b18-13+. The summed E-state index contributed by atoms with van der Waals surface area (Å²) in [6.07, 6.45) is 1.92. The highest BCUT2D eigenvalue weighted by Crippen LogP contribution is 2.32. The van der Waals surface area contributed by atoms with Gasteiger partial charge in [0.2, 0.25) is 0 Å². The zero-order valence-electron chi connectivity index (χ0n) is 14.5. The summed E-state index contributed by atoms with van der Waals surface area (Å²) >= 11 is 1.44. The first kappa shape index (κ1) is 16.7. The Labute approximate surface area is 147 Å². The van der Waals surface area contributed by atoms with Gasteiger partial charge in [-0.1, -0.05) is 86.6 Å². The Morgan fingerprint density at radius 2 is 1.58 bits per heavy atom. The summed E-state index contributed by atoms with van der Waals surface area (Å²) in [6, 6.07) is 16.5. The molecule has 1 amide bonds. The van der Waals surface area contributed by atoms with E-state index in [1.54, 1.807) is 0 Å². The molecule has 0 aliphatic carbocycles. The molecule has 0 saturated carbocycles. The number of rotatable bonds is 2.